The summed E-state index contributed by atoms with van der Waals surface area (Å²) in [6.07, 6.45) is 6.63. The highest BCUT2D eigenvalue weighted by atomic mass is 16.5. The number of hydrogen-bond acceptors (Lipinski definition) is 3. The van der Waals surface area contributed by atoms with Gasteiger partial charge in [0.2, 0.25) is 0 Å². The number of nitrogens with zero attached hydrogens (tertiary/aromatic N) is 2. The number of hydrogen-bond donors (Lipinski definition) is 0. The van der Waals surface area contributed by atoms with Gasteiger partial charge in [-0.1, -0.05) is 0 Å². The molecule has 1 aliphatic heterocycles. The fraction of sp³-hybridized carbons (Fsp3) is 0.667. The summed E-state index contributed by atoms with van der Waals surface area (Å²) in [4.78, 5) is 11.8. The van der Waals surface area contributed by atoms with Crippen LogP contribution in [0.5, 0.6) is 0 Å². The Morgan fingerprint density at radius 2 is 2.38 bits per heavy atom. The molecule has 0 aromatic carbocycles. The van der Waals surface area contributed by atoms with Gasteiger partial charge in [0.05, 0.1) is 18.7 Å². The SMILES string of the molecule is O=C1OCCCCn2ncc3c2CC1CC3. The minimum atomic E-state index is -0.0136. The van der Waals surface area contributed by atoms with E-state index in [1.165, 1.54) is 11.3 Å². The van der Waals surface area contributed by atoms with Crippen molar-refractivity contribution in [2.24, 2.45) is 5.92 Å². The van der Waals surface area contributed by atoms with Crippen LogP contribution in [0.15, 0.2) is 6.20 Å². The maximum atomic E-state index is 11.8. The summed E-state index contributed by atoms with van der Waals surface area (Å²) >= 11 is 0. The van der Waals surface area contributed by atoms with Crippen molar-refractivity contribution in [1.29, 1.82) is 0 Å². The van der Waals surface area contributed by atoms with Crippen molar-refractivity contribution in [3.8, 4) is 0 Å². The van der Waals surface area contributed by atoms with Gasteiger partial charge in [-0.3, -0.25) is 9.48 Å². The average molecular weight is 220 g/mol. The molecule has 3 rings (SSSR count). The molecule has 2 heterocycles. The van der Waals surface area contributed by atoms with Crippen molar-refractivity contribution in [3.63, 3.8) is 0 Å². The van der Waals surface area contributed by atoms with E-state index < -0.39 is 0 Å². The van der Waals surface area contributed by atoms with Crippen LogP contribution >= 0.6 is 0 Å². The third-order valence-corrected chi connectivity index (χ3v) is 3.58. The molecule has 0 spiro atoms. The van der Waals surface area contributed by atoms with E-state index >= 15 is 0 Å². The summed E-state index contributed by atoms with van der Waals surface area (Å²) in [5, 5.41) is 4.42. The van der Waals surface area contributed by atoms with Crippen LogP contribution in [0.25, 0.3) is 0 Å². The van der Waals surface area contributed by atoms with E-state index in [4.69, 9.17) is 4.74 Å². The van der Waals surface area contributed by atoms with E-state index in [1.54, 1.807) is 0 Å². The second kappa shape index (κ2) is 3.92. The van der Waals surface area contributed by atoms with Crippen molar-refractivity contribution in [3.05, 3.63) is 17.5 Å². The highest BCUT2D eigenvalue weighted by Crippen LogP contribution is 2.27. The molecule has 4 heteroatoms. The third-order valence-electron chi connectivity index (χ3n) is 3.58. The monoisotopic (exact) mass is 220 g/mol. The van der Waals surface area contributed by atoms with Crippen molar-refractivity contribution in [2.45, 2.75) is 38.6 Å². The fourth-order valence-corrected chi connectivity index (χ4v) is 2.61. The quantitative estimate of drug-likeness (QED) is 0.619. The van der Waals surface area contributed by atoms with Crippen LogP contribution in [-0.2, 0) is 28.9 Å². The number of aryl methyl sites for hydroxylation is 2. The second-order valence-corrected chi connectivity index (χ2v) is 4.65. The average Bonchev–Trinajstić information content (AvgIpc) is 2.71. The van der Waals surface area contributed by atoms with Crippen LogP contribution < -0.4 is 0 Å². The Kier molecular flexibility index (Phi) is 2.42. The fourth-order valence-electron chi connectivity index (χ4n) is 2.61. The van der Waals surface area contributed by atoms with Gasteiger partial charge in [-0.25, -0.2) is 0 Å². The zero-order valence-electron chi connectivity index (χ0n) is 9.32. The van der Waals surface area contributed by atoms with Crippen molar-refractivity contribution in [1.82, 2.24) is 9.78 Å². The summed E-state index contributed by atoms with van der Waals surface area (Å²) in [5.74, 6) is 0.0429. The number of esters is 1. The molecule has 2 bridgehead atoms. The molecule has 0 saturated carbocycles. The molecule has 16 heavy (non-hydrogen) atoms. The molecule has 4 nitrogen and oxygen atoms in total. The molecule has 0 fully saturated rings. The highest BCUT2D eigenvalue weighted by Gasteiger charge is 2.29. The van der Waals surface area contributed by atoms with Crippen LogP contribution in [0.2, 0.25) is 0 Å². The Balaban J connectivity index is 1.94. The maximum absolute atomic E-state index is 11.8. The molecule has 1 atom stereocenters. The first-order valence-corrected chi connectivity index (χ1v) is 6.05. The predicted octanol–water partition coefficient (Wildman–Crippen LogP) is 1.32. The Labute approximate surface area is 94.6 Å². The van der Waals surface area contributed by atoms with Gasteiger partial charge >= 0.3 is 5.97 Å². The third kappa shape index (κ3) is 1.62. The first-order chi connectivity index (χ1) is 7.84. The first kappa shape index (κ1) is 9.87. The molecule has 0 amide bonds. The maximum Gasteiger partial charge on any atom is 0.309 e. The van der Waals surface area contributed by atoms with Gasteiger partial charge in [-0.15, -0.1) is 0 Å². The lowest BCUT2D eigenvalue weighted by molar-refractivity contribution is -0.149. The van der Waals surface area contributed by atoms with Gasteiger partial charge in [-0.05, 0) is 31.2 Å². The molecule has 1 unspecified atom stereocenters. The van der Waals surface area contributed by atoms with Crippen LogP contribution in [-0.4, -0.2) is 22.4 Å². The van der Waals surface area contributed by atoms with Gasteiger partial charge in [0.1, 0.15) is 0 Å². The number of ether oxygens (including phenoxy) is 1. The van der Waals surface area contributed by atoms with Gasteiger partial charge < -0.3 is 4.74 Å². The molecule has 0 saturated heterocycles. The van der Waals surface area contributed by atoms with Gasteiger partial charge in [0.15, 0.2) is 0 Å². The predicted molar refractivity (Wildman–Crippen MR) is 57.9 cm³/mol. The summed E-state index contributed by atoms with van der Waals surface area (Å²) in [6.45, 7) is 1.53. The normalized spacial score (nSPS) is 25.0. The molecule has 0 radical (unpaired) electrons. The number of carbonyl (C=O) groups excluding carboxylic acids is 1. The highest BCUT2D eigenvalue weighted by molar-refractivity contribution is 5.73. The summed E-state index contributed by atoms with van der Waals surface area (Å²) in [7, 11) is 0. The largest absolute Gasteiger partial charge is 0.465 e. The van der Waals surface area contributed by atoms with E-state index in [0.29, 0.717) is 6.61 Å². The smallest absolute Gasteiger partial charge is 0.309 e. The van der Waals surface area contributed by atoms with Crippen LogP contribution in [0.1, 0.15) is 30.5 Å². The Morgan fingerprint density at radius 1 is 1.44 bits per heavy atom. The number of aromatic nitrogens is 2. The lowest BCUT2D eigenvalue weighted by atomic mass is 9.88. The number of cyclic esters (lactones) is 1. The summed E-state index contributed by atoms with van der Waals surface area (Å²) in [6, 6.07) is 0. The molecule has 1 aliphatic carbocycles. The molecule has 1 aromatic rings. The van der Waals surface area contributed by atoms with E-state index in [9.17, 15) is 4.79 Å². The van der Waals surface area contributed by atoms with Crippen LogP contribution in [0.4, 0.5) is 0 Å². The zero-order chi connectivity index (χ0) is 11.0. The summed E-state index contributed by atoms with van der Waals surface area (Å²) in [5.41, 5.74) is 2.58. The van der Waals surface area contributed by atoms with Crippen molar-refractivity contribution < 1.29 is 9.53 Å². The Hall–Kier alpha value is -1.32. The van der Waals surface area contributed by atoms with Gasteiger partial charge in [-0.2, -0.15) is 5.10 Å². The Bertz CT molecular complexity index is 411. The minimum absolute atomic E-state index is 0.0136. The molecular formula is C12H16N2O2. The Morgan fingerprint density at radius 3 is 3.31 bits per heavy atom. The number of carbonyl (C=O) groups is 1. The van der Waals surface area contributed by atoms with E-state index in [1.807, 2.05) is 6.20 Å². The zero-order valence-corrected chi connectivity index (χ0v) is 9.32. The minimum Gasteiger partial charge on any atom is -0.465 e. The van der Waals surface area contributed by atoms with E-state index in [-0.39, 0.29) is 11.9 Å². The van der Waals surface area contributed by atoms with E-state index in [0.717, 1.165) is 38.6 Å². The summed E-state index contributed by atoms with van der Waals surface area (Å²) < 4.78 is 7.36. The lowest BCUT2D eigenvalue weighted by Crippen LogP contribution is -2.27. The number of rotatable bonds is 0. The van der Waals surface area contributed by atoms with E-state index in [2.05, 4.69) is 9.78 Å². The number of fused-ring (bicyclic) bond motifs is 1. The van der Waals surface area contributed by atoms with Crippen molar-refractivity contribution in [2.75, 3.05) is 6.61 Å². The molecule has 1 aromatic heterocycles. The molecule has 2 aliphatic rings. The van der Waals surface area contributed by atoms with Crippen molar-refractivity contribution >= 4 is 5.97 Å². The molecule has 86 valence electrons. The lowest BCUT2D eigenvalue weighted by Gasteiger charge is -2.23. The second-order valence-electron chi connectivity index (χ2n) is 4.65. The van der Waals surface area contributed by atoms with Gasteiger partial charge in [0.25, 0.3) is 0 Å². The van der Waals surface area contributed by atoms with Gasteiger partial charge in [0, 0.05) is 18.7 Å². The topological polar surface area (TPSA) is 44.1 Å². The standard InChI is InChI=1S/C12H16N2O2/c15-12-9-3-4-10-8-13-14(11(10)7-9)5-1-2-6-16-12/h8-9H,1-7H2. The van der Waals surface area contributed by atoms with Crippen LogP contribution in [0, 0.1) is 5.92 Å². The first-order valence-electron chi connectivity index (χ1n) is 6.05. The molecule has 0 N–H and O–H groups in total. The van der Waals surface area contributed by atoms with Crippen LogP contribution in [0.3, 0.4) is 0 Å². The molecular weight excluding hydrogens is 204 g/mol.